The Kier molecular flexibility index (Phi) is 2.59. The van der Waals surface area contributed by atoms with E-state index in [0.717, 1.165) is 19.3 Å². The lowest BCUT2D eigenvalue weighted by Crippen LogP contribution is -2.34. The van der Waals surface area contributed by atoms with E-state index in [9.17, 15) is 0 Å². The van der Waals surface area contributed by atoms with Gasteiger partial charge in [-0.25, -0.2) is 0 Å². The predicted octanol–water partition coefficient (Wildman–Crippen LogP) is 1.91. The summed E-state index contributed by atoms with van der Waals surface area (Å²) in [4.78, 5) is 0. The zero-order valence-electron chi connectivity index (χ0n) is 7.06. The zero-order chi connectivity index (χ0) is 8.27. The summed E-state index contributed by atoms with van der Waals surface area (Å²) in [5, 5.41) is 3.04. The van der Waals surface area contributed by atoms with E-state index in [1.165, 1.54) is 5.57 Å². The Hall–Kier alpha value is -0.900. The molecule has 0 radical (unpaired) electrons. The summed E-state index contributed by atoms with van der Waals surface area (Å²) in [6.07, 6.45) is 8.57. The molecule has 0 aromatic heterocycles. The highest BCUT2D eigenvalue weighted by Crippen LogP contribution is 2.26. The van der Waals surface area contributed by atoms with Gasteiger partial charge in [0.05, 0.1) is 0 Å². The van der Waals surface area contributed by atoms with Crippen molar-refractivity contribution in [2.24, 2.45) is 5.92 Å². The van der Waals surface area contributed by atoms with Crippen LogP contribution in [0.15, 0.2) is 12.2 Å². The molecule has 2 unspecified atom stereocenters. The maximum Gasteiger partial charge on any atom is 0.0372 e. The number of hydrogen-bond acceptors (Lipinski definition) is 1. The van der Waals surface area contributed by atoms with Crippen molar-refractivity contribution in [3.63, 3.8) is 0 Å². The van der Waals surface area contributed by atoms with Gasteiger partial charge in [-0.1, -0.05) is 25.5 Å². The van der Waals surface area contributed by atoms with Crippen molar-refractivity contribution < 1.29 is 0 Å². The summed E-state index contributed by atoms with van der Waals surface area (Å²) in [7, 11) is 0. The lowest BCUT2D eigenvalue weighted by molar-refractivity contribution is 0.353. The molecule has 1 aliphatic rings. The highest BCUT2D eigenvalue weighted by atomic mass is 14.9. The Morgan fingerprint density at radius 3 is 3.00 bits per heavy atom. The number of nitrogens with one attached hydrogen (secondary N) is 1. The third kappa shape index (κ3) is 2.01. The average molecular weight is 149 g/mol. The van der Waals surface area contributed by atoms with Crippen molar-refractivity contribution in [1.29, 1.82) is 0 Å². The molecule has 0 bridgehead atoms. The SMILES string of the molecule is C#CNC1CCC(=C)CC1C. The summed E-state index contributed by atoms with van der Waals surface area (Å²) >= 11 is 0. The van der Waals surface area contributed by atoms with Gasteiger partial charge in [0.15, 0.2) is 0 Å². The van der Waals surface area contributed by atoms with Crippen LogP contribution >= 0.6 is 0 Å². The Labute approximate surface area is 68.9 Å². The fraction of sp³-hybridized carbons (Fsp3) is 0.600. The van der Waals surface area contributed by atoms with Crippen LogP contribution < -0.4 is 5.32 Å². The highest BCUT2D eigenvalue weighted by molar-refractivity contribution is 5.04. The van der Waals surface area contributed by atoms with Gasteiger partial charge < -0.3 is 5.32 Å². The number of hydrogen-bond donors (Lipinski definition) is 1. The van der Waals surface area contributed by atoms with E-state index in [0.29, 0.717) is 12.0 Å². The van der Waals surface area contributed by atoms with E-state index in [4.69, 9.17) is 6.42 Å². The largest absolute Gasteiger partial charge is 0.343 e. The third-order valence-electron chi connectivity index (χ3n) is 2.38. The van der Waals surface area contributed by atoms with Crippen LogP contribution in [-0.2, 0) is 0 Å². The van der Waals surface area contributed by atoms with Crippen molar-refractivity contribution in [2.75, 3.05) is 0 Å². The Morgan fingerprint density at radius 1 is 1.73 bits per heavy atom. The summed E-state index contributed by atoms with van der Waals surface area (Å²) in [5.74, 6) is 0.646. The third-order valence-corrected chi connectivity index (χ3v) is 2.38. The molecular weight excluding hydrogens is 134 g/mol. The molecule has 0 spiro atoms. The van der Waals surface area contributed by atoms with Crippen LogP contribution in [0.5, 0.6) is 0 Å². The van der Waals surface area contributed by atoms with Crippen molar-refractivity contribution in [3.8, 4) is 12.5 Å². The molecule has 60 valence electrons. The van der Waals surface area contributed by atoms with Gasteiger partial charge >= 0.3 is 0 Å². The second-order valence-corrected chi connectivity index (χ2v) is 3.37. The molecule has 1 fully saturated rings. The second kappa shape index (κ2) is 3.48. The quantitative estimate of drug-likeness (QED) is 0.341. The van der Waals surface area contributed by atoms with Gasteiger partial charge in [-0.2, -0.15) is 0 Å². The smallest absolute Gasteiger partial charge is 0.0372 e. The molecule has 2 atom stereocenters. The summed E-state index contributed by atoms with van der Waals surface area (Å²) in [5.41, 5.74) is 1.37. The van der Waals surface area contributed by atoms with Crippen LogP contribution in [0.3, 0.4) is 0 Å². The fourth-order valence-electron chi connectivity index (χ4n) is 1.67. The Bertz CT molecular complexity index is 188. The van der Waals surface area contributed by atoms with Crippen molar-refractivity contribution in [1.82, 2.24) is 5.32 Å². The maximum absolute atomic E-state index is 5.17. The topological polar surface area (TPSA) is 12.0 Å². The van der Waals surface area contributed by atoms with Crippen LogP contribution in [0.2, 0.25) is 0 Å². The maximum atomic E-state index is 5.17. The molecule has 1 saturated carbocycles. The van der Waals surface area contributed by atoms with Crippen molar-refractivity contribution in [3.05, 3.63) is 12.2 Å². The Balaban J connectivity index is 2.45. The molecule has 1 aliphatic carbocycles. The predicted molar refractivity (Wildman–Crippen MR) is 47.9 cm³/mol. The first kappa shape index (κ1) is 8.20. The molecule has 0 saturated heterocycles. The van der Waals surface area contributed by atoms with Crippen molar-refractivity contribution >= 4 is 0 Å². The fourth-order valence-corrected chi connectivity index (χ4v) is 1.67. The van der Waals surface area contributed by atoms with Crippen LogP contribution in [0.25, 0.3) is 0 Å². The van der Waals surface area contributed by atoms with Crippen LogP contribution in [0.4, 0.5) is 0 Å². The van der Waals surface area contributed by atoms with E-state index in [-0.39, 0.29) is 0 Å². The van der Waals surface area contributed by atoms with Crippen molar-refractivity contribution in [2.45, 2.75) is 32.2 Å². The average Bonchev–Trinajstić information content (AvgIpc) is 1.95. The second-order valence-electron chi connectivity index (χ2n) is 3.37. The molecule has 0 aromatic rings. The number of rotatable bonds is 1. The molecule has 0 amide bonds. The minimum absolute atomic E-state index is 0.505. The lowest BCUT2D eigenvalue weighted by atomic mass is 9.83. The van der Waals surface area contributed by atoms with Gasteiger partial charge in [-0.15, -0.1) is 0 Å². The molecule has 0 heterocycles. The van der Waals surface area contributed by atoms with E-state index < -0.39 is 0 Å². The van der Waals surface area contributed by atoms with Crippen LogP contribution in [-0.4, -0.2) is 6.04 Å². The molecular formula is C10H15N. The van der Waals surface area contributed by atoms with Gasteiger partial charge in [0.2, 0.25) is 0 Å². The highest BCUT2D eigenvalue weighted by Gasteiger charge is 2.21. The van der Waals surface area contributed by atoms with Gasteiger partial charge in [-0.05, 0) is 25.2 Å². The van der Waals surface area contributed by atoms with E-state index in [2.05, 4.69) is 24.9 Å². The monoisotopic (exact) mass is 149 g/mol. The first-order valence-electron chi connectivity index (χ1n) is 4.12. The normalized spacial score (nSPS) is 31.1. The first-order chi connectivity index (χ1) is 5.24. The molecule has 1 rings (SSSR count). The molecule has 1 nitrogen and oxygen atoms in total. The summed E-state index contributed by atoms with van der Waals surface area (Å²) < 4.78 is 0. The van der Waals surface area contributed by atoms with Gasteiger partial charge in [0, 0.05) is 12.1 Å². The molecule has 1 heteroatoms. The number of allylic oxidation sites excluding steroid dienone is 1. The lowest BCUT2D eigenvalue weighted by Gasteiger charge is -2.29. The minimum atomic E-state index is 0.505. The minimum Gasteiger partial charge on any atom is -0.343 e. The Morgan fingerprint density at radius 2 is 2.45 bits per heavy atom. The van der Waals surface area contributed by atoms with E-state index in [1.54, 1.807) is 0 Å². The van der Waals surface area contributed by atoms with E-state index in [1.807, 2.05) is 0 Å². The summed E-state index contributed by atoms with van der Waals surface area (Å²) in [6, 6.07) is 3.01. The standard InChI is InChI=1S/C10H15N/c1-4-11-10-6-5-8(2)7-9(10)3/h1,9-11H,2,5-7H2,3H3. The molecule has 11 heavy (non-hydrogen) atoms. The molecule has 0 aromatic carbocycles. The van der Waals surface area contributed by atoms with Gasteiger partial charge in [0.1, 0.15) is 0 Å². The van der Waals surface area contributed by atoms with Gasteiger partial charge in [0.25, 0.3) is 0 Å². The van der Waals surface area contributed by atoms with Crippen LogP contribution in [0, 0.1) is 18.4 Å². The summed E-state index contributed by atoms with van der Waals surface area (Å²) in [6.45, 7) is 6.20. The number of terminal acetylenes is 1. The van der Waals surface area contributed by atoms with Crippen LogP contribution in [0.1, 0.15) is 26.2 Å². The molecule has 0 aliphatic heterocycles. The zero-order valence-corrected chi connectivity index (χ0v) is 7.06. The first-order valence-corrected chi connectivity index (χ1v) is 4.12. The van der Waals surface area contributed by atoms with Gasteiger partial charge in [-0.3, -0.25) is 0 Å². The van der Waals surface area contributed by atoms with E-state index >= 15 is 0 Å². The molecule has 1 N–H and O–H groups in total.